The van der Waals surface area contributed by atoms with Crippen molar-refractivity contribution >= 4 is 29.3 Å². The van der Waals surface area contributed by atoms with Gasteiger partial charge in [-0.15, -0.1) is 0 Å². The minimum absolute atomic E-state index is 0.0301. The van der Waals surface area contributed by atoms with Gasteiger partial charge in [0, 0.05) is 29.3 Å². The number of para-hydroxylation sites is 1. The lowest BCUT2D eigenvalue weighted by molar-refractivity contribution is -0.140. The Hall–Kier alpha value is -4.08. The second-order valence-electron chi connectivity index (χ2n) is 11.1. The number of likely N-dealkylation sites (N-methyl/N-ethyl adjacent to an activating group) is 1. The van der Waals surface area contributed by atoms with Crippen LogP contribution in [0.25, 0.3) is 0 Å². The first-order valence-electron chi connectivity index (χ1n) is 13.3. The summed E-state index contributed by atoms with van der Waals surface area (Å²) < 4.78 is 16.8. The molecule has 9 heteroatoms. The molecule has 0 radical (unpaired) electrons. The summed E-state index contributed by atoms with van der Waals surface area (Å²) in [7, 11) is 4.32. The first-order valence-corrected chi connectivity index (χ1v) is 13.3. The maximum absolute atomic E-state index is 15.0. The van der Waals surface area contributed by atoms with Gasteiger partial charge in [0.15, 0.2) is 5.78 Å². The molecule has 9 nitrogen and oxygen atoms in total. The quantitative estimate of drug-likeness (QED) is 0.467. The molecular weight excluding hydrogens is 512 g/mol. The number of aryl methyl sites for hydroxylation is 1. The zero-order valence-electron chi connectivity index (χ0n) is 22.4. The minimum atomic E-state index is -1.49. The van der Waals surface area contributed by atoms with Gasteiger partial charge in [-0.1, -0.05) is 48.5 Å². The molecule has 0 saturated carbocycles. The number of fused-ring (bicyclic) bond motifs is 6. The van der Waals surface area contributed by atoms with Crippen molar-refractivity contribution in [3.63, 3.8) is 0 Å². The predicted octanol–water partition coefficient (Wildman–Crippen LogP) is 2.56. The van der Waals surface area contributed by atoms with E-state index in [-0.39, 0.29) is 29.4 Å². The topological polar surface area (TPSA) is 111 Å². The zero-order chi connectivity index (χ0) is 28.0. The highest BCUT2D eigenvalue weighted by Crippen LogP contribution is 2.68. The summed E-state index contributed by atoms with van der Waals surface area (Å²) in [6.07, 6.45) is 3.54. The monoisotopic (exact) mass is 540 g/mol. The molecule has 2 unspecified atom stereocenters. The molecule has 5 aliphatic rings. The Labute approximate surface area is 230 Å². The lowest BCUT2D eigenvalue weighted by Gasteiger charge is -2.50. The standard InChI is InChI=1S/C31H28N2O7/c1-33-16-22(30-15-13-21(40-30)23(26(35)38-2)24(30)27(36)39-3)29(14-12-17-8-4-5-9-18(17)25(29)34)31(33)19-10-6-7-11-20(19)32-28(31)37/h4-11,13,15,21-22H,12,14,16H2,1-3H3,(H,32,37)/t21?,22-,29-,30?,31-/m1/s1. The molecule has 4 heterocycles. The third kappa shape index (κ3) is 2.64. The molecule has 2 aromatic rings. The third-order valence-corrected chi connectivity index (χ3v) is 9.72. The number of esters is 2. The van der Waals surface area contributed by atoms with E-state index < -0.39 is 40.5 Å². The maximum atomic E-state index is 15.0. The van der Waals surface area contributed by atoms with Crippen LogP contribution >= 0.6 is 0 Å². The van der Waals surface area contributed by atoms with Gasteiger partial charge in [0.25, 0.3) is 5.91 Å². The van der Waals surface area contributed by atoms with E-state index >= 15 is 4.79 Å². The fourth-order valence-electron chi connectivity index (χ4n) is 8.29. The van der Waals surface area contributed by atoms with Crippen LogP contribution in [0.2, 0.25) is 0 Å². The molecule has 2 aromatic carbocycles. The SMILES string of the molecule is COC(=O)C1=C(C(=O)OC)C2([C@@H]3CN(C)[C@]4(C(=O)Nc5ccccc54)[C@]34CCc3ccccc3C4=O)C=CC1O2. The summed E-state index contributed by atoms with van der Waals surface area (Å²) in [4.78, 5) is 57.7. The van der Waals surface area contributed by atoms with Gasteiger partial charge in [-0.2, -0.15) is 0 Å². The first-order chi connectivity index (χ1) is 19.3. The van der Waals surface area contributed by atoms with Crippen LogP contribution in [0.3, 0.4) is 0 Å². The molecule has 0 aromatic heterocycles. The number of rotatable bonds is 3. The number of nitrogens with one attached hydrogen (secondary N) is 1. The molecule has 1 N–H and O–H groups in total. The van der Waals surface area contributed by atoms with Gasteiger partial charge >= 0.3 is 11.9 Å². The zero-order valence-corrected chi connectivity index (χ0v) is 22.4. The Kier molecular flexibility index (Phi) is 5.12. The largest absolute Gasteiger partial charge is 0.466 e. The van der Waals surface area contributed by atoms with Gasteiger partial charge in [-0.3, -0.25) is 14.5 Å². The maximum Gasteiger partial charge on any atom is 0.337 e. The van der Waals surface area contributed by atoms with E-state index in [2.05, 4.69) is 5.32 Å². The number of carbonyl (C=O) groups excluding carboxylic acids is 4. The summed E-state index contributed by atoms with van der Waals surface area (Å²) in [5.74, 6) is -2.63. The number of methoxy groups -OCH3 is 2. The number of hydrogen-bond acceptors (Lipinski definition) is 8. The molecular formula is C31H28N2O7. The Morgan fingerprint density at radius 2 is 1.75 bits per heavy atom. The van der Waals surface area contributed by atoms with Gasteiger partial charge < -0.3 is 19.5 Å². The summed E-state index contributed by atoms with van der Waals surface area (Å²) in [5.41, 5.74) is -1.30. The fraction of sp³-hybridized carbons (Fsp3) is 0.355. The third-order valence-electron chi connectivity index (χ3n) is 9.72. The van der Waals surface area contributed by atoms with Gasteiger partial charge in [-0.25, -0.2) is 9.59 Å². The molecule has 1 amide bonds. The van der Waals surface area contributed by atoms with Crippen molar-refractivity contribution < 1.29 is 33.4 Å². The van der Waals surface area contributed by atoms with Gasteiger partial charge in [-0.05, 0) is 37.6 Å². The van der Waals surface area contributed by atoms with E-state index in [9.17, 15) is 14.4 Å². The van der Waals surface area contributed by atoms with Crippen LogP contribution in [-0.2, 0) is 40.6 Å². The normalized spacial score (nSPS) is 33.5. The molecule has 7 rings (SSSR count). The van der Waals surface area contributed by atoms with Crippen molar-refractivity contribution in [1.82, 2.24) is 4.90 Å². The highest BCUT2D eigenvalue weighted by atomic mass is 16.6. The minimum Gasteiger partial charge on any atom is -0.466 e. The molecule has 4 aliphatic heterocycles. The Bertz CT molecular complexity index is 1590. The molecule has 204 valence electrons. The van der Waals surface area contributed by atoms with E-state index in [0.717, 1.165) is 5.56 Å². The average Bonchev–Trinajstić information content (AvgIpc) is 3.70. The molecule has 1 fully saturated rings. The number of benzene rings is 2. The molecule has 2 bridgehead atoms. The smallest absolute Gasteiger partial charge is 0.337 e. The van der Waals surface area contributed by atoms with Gasteiger partial charge in [0.1, 0.15) is 17.2 Å². The number of carbonyl (C=O) groups is 4. The van der Waals surface area contributed by atoms with Crippen LogP contribution in [0.15, 0.2) is 71.8 Å². The summed E-state index contributed by atoms with van der Waals surface area (Å²) in [6.45, 7) is 0.238. The second-order valence-corrected chi connectivity index (χ2v) is 11.1. The van der Waals surface area contributed by atoms with Crippen LogP contribution in [-0.4, -0.2) is 68.0 Å². The van der Waals surface area contributed by atoms with E-state index in [4.69, 9.17) is 14.2 Å². The second kappa shape index (κ2) is 8.22. The van der Waals surface area contributed by atoms with Crippen LogP contribution < -0.4 is 5.32 Å². The van der Waals surface area contributed by atoms with Crippen molar-refractivity contribution in [3.05, 3.63) is 88.5 Å². The lowest BCUT2D eigenvalue weighted by atomic mass is 9.51. The van der Waals surface area contributed by atoms with Crippen LogP contribution in [0, 0.1) is 11.3 Å². The first kappa shape index (κ1) is 24.9. The molecule has 5 atom stereocenters. The molecule has 2 spiro atoms. The number of hydrogen-bond donors (Lipinski definition) is 1. The molecule has 1 aliphatic carbocycles. The van der Waals surface area contributed by atoms with Crippen LogP contribution in [0.1, 0.15) is 27.9 Å². The van der Waals surface area contributed by atoms with E-state index in [1.54, 1.807) is 18.2 Å². The fourth-order valence-corrected chi connectivity index (χ4v) is 8.29. The number of amides is 1. The van der Waals surface area contributed by atoms with E-state index in [1.165, 1.54) is 14.2 Å². The highest BCUT2D eigenvalue weighted by molar-refractivity contribution is 6.15. The van der Waals surface area contributed by atoms with Gasteiger partial charge in [0.2, 0.25) is 0 Å². The number of Topliss-reactive ketones (excluding diaryl/α,β-unsaturated/α-hetero) is 1. The Balaban J connectivity index is 1.54. The van der Waals surface area contributed by atoms with Crippen molar-refractivity contribution in [1.29, 1.82) is 0 Å². The summed E-state index contributed by atoms with van der Waals surface area (Å²) >= 11 is 0. The highest BCUT2D eigenvalue weighted by Gasteiger charge is 2.78. The van der Waals surface area contributed by atoms with Crippen molar-refractivity contribution in [2.45, 2.75) is 30.1 Å². The van der Waals surface area contributed by atoms with E-state index in [1.807, 2.05) is 54.4 Å². The Morgan fingerprint density at radius 1 is 1.02 bits per heavy atom. The Morgan fingerprint density at radius 3 is 2.52 bits per heavy atom. The summed E-state index contributed by atoms with van der Waals surface area (Å²) in [5, 5.41) is 3.04. The van der Waals surface area contributed by atoms with E-state index in [0.29, 0.717) is 29.7 Å². The van der Waals surface area contributed by atoms with Crippen LogP contribution in [0.5, 0.6) is 0 Å². The lowest BCUT2D eigenvalue weighted by Crippen LogP contribution is -2.63. The van der Waals surface area contributed by atoms with Crippen molar-refractivity contribution in [3.8, 4) is 0 Å². The predicted molar refractivity (Wildman–Crippen MR) is 142 cm³/mol. The summed E-state index contributed by atoms with van der Waals surface area (Å²) in [6, 6.07) is 14.9. The number of ketones is 1. The number of likely N-dealkylation sites (tertiary alicyclic amines) is 1. The van der Waals surface area contributed by atoms with Gasteiger partial charge in [0.05, 0.1) is 30.8 Å². The molecule has 40 heavy (non-hydrogen) atoms. The van der Waals surface area contributed by atoms with Crippen molar-refractivity contribution in [2.24, 2.45) is 11.3 Å². The number of nitrogens with zero attached hydrogens (tertiary/aromatic N) is 1. The van der Waals surface area contributed by atoms with Crippen LogP contribution in [0.4, 0.5) is 5.69 Å². The average molecular weight is 541 g/mol. The van der Waals surface area contributed by atoms with Crippen molar-refractivity contribution in [2.75, 3.05) is 33.1 Å². The molecule has 1 saturated heterocycles. The number of anilines is 1. The number of ether oxygens (including phenoxy) is 3.